The quantitative estimate of drug-likeness (QED) is 0.231. The number of hydrogen-bond donors (Lipinski definition) is 1. The predicted molar refractivity (Wildman–Crippen MR) is 178 cm³/mol. The molecule has 1 amide bonds. The first-order chi connectivity index (χ1) is 23.0. The minimum Gasteiger partial charge on any atom is -0.495 e. The molecule has 2 saturated heterocycles. The Hall–Kier alpha value is -5.02. The van der Waals surface area contributed by atoms with E-state index in [-0.39, 0.29) is 12.0 Å². The molecule has 0 bridgehead atoms. The summed E-state index contributed by atoms with van der Waals surface area (Å²) >= 11 is 0. The summed E-state index contributed by atoms with van der Waals surface area (Å²) in [6, 6.07) is 13.7. The van der Waals surface area contributed by atoms with Crippen molar-refractivity contribution >= 4 is 17.5 Å². The van der Waals surface area contributed by atoms with Gasteiger partial charge >= 0.3 is 0 Å². The molecule has 4 aromatic rings. The van der Waals surface area contributed by atoms with Crippen molar-refractivity contribution < 1.29 is 14.3 Å². The average molecular weight is 636 g/mol. The Kier molecular flexibility index (Phi) is 10.2. The van der Waals surface area contributed by atoms with Crippen LogP contribution in [-0.4, -0.2) is 85.9 Å². The van der Waals surface area contributed by atoms with Crippen LogP contribution in [0.1, 0.15) is 61.4 Å². The molecule has 47 heavy (non-hydrogen) atoms. The summed E-state index contributed by atoms with van der Waals surface area (Å²) in [6.45, 7) is 6.55. The van der Waals surface area contributed by atoms with Crippen molar-refractivity contribution in [1.82, 2.24) is 34.5 Å². The number of likely N-dealkylation sites (tertiary alicyclic amines) is 2. The highest BCUT2D eigenvalue weighted by Gasteiger charge is 2.28. The van der Waals surface area contributed by atoms with Gasteiger partial charge in [-0.25, -0.2) is 15.0 Å². The van der Waals surface area contributed by atoms with Crippen LogP contribution < -0.4 is 14.8 Å². The minimum absolute atomic E-state index is 0.0305. The maximum Gasteiger partial charge on any atom is 0.253 e. The molecule has 0 radical (unpaired) electrons. The third-order valence-electron chi connectivity index (χ3n) is 9.00. The van der Waals surface area contributed by atoms with Crippen molar-refractivity contribution in [2.45, 2.75) is 64.1 Å². The lowest BCUT2D eigenvalue weighted by atomic mass is 9.99. The second-order valence-corrected chi connectivity index (χ2v) is 12.2. The van der Waals surface area contributed by atoms with Gasteiger partial charge in [-0.15, -0.1) is 0 Å². The Morgan fingerprint density at radius 1 is 1.02 bits per heavy atom. The molecule has 12 heteroatoms. The molecular formula is C35H41N9O3. The van der Waals surface area contributed by atoms with Crippen LogP contribution >= 0.6 is 0 Å². The Balaban J connectivity index is 1.07. The zero-order chi connectivity index (χ0) is 32.6. The molecule has 0 unspecified atom stereocenters. The molecule has 1 atom stereocenters. The standard InChI is InChI=1S/C35H41N9O3/c1-25(10-17-44-24-37-23-40-44)47-32-18-26(6-7-28(32)20-36)29-21-38-35(39-22-29)41-31-9-8-27(19-33(31)46-2)34(45)43-15-11-30(12-16-43)42-13-4-3-5-14-42/h6-9,18-19,21-25,30H,3-5,10-17H2,1-2H3,(H,38,39,41)/t25-/m0/s1. The number of nitriles is 1. The predicted octanol–water partition coefficient (Wildman–Crippen LogP) is 5.31. The molecule has 0 aliphatic carbocycles. The van der Waals surface area contributed by atoms with Gasteiger partial charge in [0.15, 0.2) is 0 Å². The topological polar surface area (TPSA) is 134 Å². The lowest BCUT2D eigenvalue weighted by Gasteiger charge is -2.40. The van der Waals surface area contributed by atoms with Crippen LogP contribution in [0, 0.1) is 11.3 Å². The first-order valence-corrected chi connectivity index (χ1v) is 16.3. The fraction of sp³-hybridized carbons (Fsp3) is 0.429. The van der Waals surface area contributed by atoms with E-state index in [1.54, 1.807) is 42.6 Å². The number of hydrogen-bond acceptors (Lipinski definition) is 10. The normalized spacial score (nSPS) is 16.3. The van der Waals surface area contributed by atoms with Gasteiger partial charge in [-0.1, -0.05) is 12.5 Å². The number of carbonyl (C=O) groups is 1. The molecule has 2 aliphatic rings. The minimum atomic E-state index is -0.141. The van der Waals surface area contributed by atoms with E-state index in [4.69, 9.17) is 9.47 Å². The molecule has 244 valence electrons. The highest BCUT2D eigenvalue weighted by Crippen LogP contribution is 2.31. The molecule has 2 aliphatic heterocycles. The summed E-state index contributed by atoms with van der Waals surface area (Å²) in [4.78, 5) is 30.9. The average Bonchev–Trinajstić information content (AvgIpc) is 3.65. The summed E-state index contributed by atoms with van der Waals surface area (Å²) in [5.41, 5.74) is 3.32. The fourth-order valence-corrected chi connectivity index (χ4v) is 6.32. The largest absolute Gasteiger partial charge is 0.495 e. The molecule has 0 saturated carbocycles. The van der Waals surface area contributed by atoms with E-state index in [0.717, 1.165) is 37.1 Å². The molecule has 2 aromatic carbocycles. The SMILES string of the molecule is COc1cc(C(=O)N2CCC(N3CCCCC3)CC2)ccc1Nc1ncc(-c2ccc(C#N)c(O[C@@H](C)CCn3cncn3)c2)cn1. The van der Waals surface area contributed by atoms with Gasteiger partial charge in [-0.2, -0.15) is 10.4 Å². The van der Waals surface area contributed by atoms with Crippen LogP contribution in [0.25, 0.3) is 11.1 Å². The van der Waals surface area contributed by atoms with Gasteiger partial charge in [0.05, 0.1) is 24.5 Å². The van der Waals surface area contributed by atoms with Crippen molar-refractivity contribution in [2.75, 3.05) is 38.6 Å². The van der Waals surface area contributed by atoms with Gasteiger partial charge in [0.25, 0.3) is 5.91 Å². The highest BCUT2D eigenvalue weighted by atomic mass is 16.5. The summed E-state index contributed by atoms with van der Waals surface area (Å²) < 4.78 is 13.5. The Bertz CT molecular complexity index is 1670. The smallest absolute Gasteiger partial charge is 0.253 e. The monoisotopic (exact) mass is 635 g/mol. The third kappa shape index (κ3) is 7.86. The van der Waals surface area contributed by atoms with Crippen molar-refractivity contribution in [3.05, 3.63) is 72.6 Å². The van der Waals surface area contributed by atoms with Crippen LogP contribution in [0.4, 0.5) is 11.6 Å². The maximum atomic E-state index is 13.4. The van der Waals surface area contributed by atoms with Crippen molar-refractivity contribution in [1.29, 1.82) is 5.26 Å². The molecule has 0 spiro atoms. The molecule has 12 nitrogen and oxygen atoms in total. The number of aromatic nitrogens is 5. The zero-order valence-corrected chi connectivity index (χ0v) is 27.0. The van der Waals surface area contributed by atoms with Crippen LogP contribution in [0.3, 0.4) is 0 Å². The molecule has 6 rings (SSSR count). The molecule has 1 N–H and O–H groups in total. The van der Waals surface area contributed by atoms with Crippen molar-refractivity contribution in [3.8, 4) is 28.7 Å². The van der Waals surface area contributed by atoms with Gasteiger partial charge in [0.2, 0.25) is 5.95 Å². The summed E-state index contributed by atoms with van der Waals surface area (Å²) in [5, 5.41) is 17.0. The Labute approximate surface area is 275 Å². The third-order valence-corrected chi connectivity index (χ3v) is 9.00. The molecule has 2 aromatic heterocycles. The van der Waals surface area contributed by atoms with Crippen molar-refractivity contribution in [2.24, 2.45) is 0 Å². The first-order valence-electron chi connectivity index (χ1n) is 16.3. The Morgan fingerprint density at radius 2 is 1.81 bits per heavy atom. The number of aryl methyl sites for hydroxylation is 1. The Morgan fingerprint density at radius 3 is 2.51 bits per heavy atom. The van der Waals surface area contributed by atoms with Gasteiger partial charge < -0.3 is 24.6 Å². The van der Waals surface area contributed by atoms with E-state index in [9.17, 15) is 10.1 Å². The second-order valence-electron chi connectivity index (χ2n) is 12.2. The number of anilines is 2. The number of rotatable bonds is 11. The van der Waals surface area contributed by atoms with Crippen LogP contribution in [0.2, 0.25) is 0 Å². The number of ether oxygens (including phenoxy) is 2. The lowest BCUT2D eigenvalue weighted by molar-refractivity contribution is 0.0589. The van der Waals surface area contributed by atoms with Gasteiger partial charge in [-0.3, -0.25) is 9.48 Å². The van der Waals surface area contributed by atoms with E-state index in [2.05, 4.69) is 36.3 Å². The number of benzene rings is 2. The summed E-state index contributed by atoms with van der Waals surface area (Å²) in [7, 11) is 1.59. The zero-order valence-electron chi connectivity index (χ0n) is 27.0. The van der Waals surface area contributed by atoms with Gasteiger partial charge in [0, 0.05) is 55.6 Å². The van der Waals surface area contributed by atoms with E-state index in [1.165, 1.54) is 38.7 Å². The van der Waals surface area contributed by atoms with Crippen molar-refractivity contribution in [3.63, 3.8) is 0 Å². The van der Waals surface area contributed by atoms with E-state index in [0.29, 0.717) is 53.3 Å². The number of piperidine rings is 2. The van der Waals surface area contributed by atoms with Gasteiger partial charge in [0.1, 0.15) is 30.2 Å². The number of nitrogens with zero attached hydrogens (tertiary/aromatic N) is 8. The number of nitrogens with one attached hydrogen (secondary N) is 1. The molecular weight excluding hydrogens is 594 g/mol. The van der Waals surface area contributed by atoms with Gasteiger partial charge in [-0.05, 0) is 81.6 Å². The van der Waals surface area contributed by atoms with Crippen LogP contribution in [0.5, 0.6) is 11.5 Å². The van der Waals surface area contributed by atoms with Crippen LogP contribution in [0.15, 0.2) is 61.4 Å². The second kappa shape index (κ2) is 15.0. The maximum absolute atomic E-state index is 13.4. The number of carbonyl (C=O) groups excluding carboxylic acids is 1. The fourth-order valence-electron chi connectivity index (χ4n) is 6.32. The lowest BCUT2D eigenvalue weighted by Crippen LogP contribution is -2.48. The van der Waals surface area contributed by atoms with E-state index in [1.807, 2.05) is 36.1 Å². The summed E-state index contributed by atoms with van der Waals surface area (Å²) in [6.07, 6.45) is 13.1. The first kappa shape index (κ1) is 31.9. The van der Waals surface area contributed by atoms with Crippen LogP contribution in [-0.2, 0) is 6.54 Å². The number of amides is 1. The van der Waals surface area contributed by atoms with E-state index >= 15 is 0 Å². The molecule has 2 fully saturated rings. The summed E-state index contributed by atoms with van der Waals surface area (Å²) in [5.74, 6) is 1.46. The molecule has 4 heterocycles. The number of methoxy groups -OCH3 is 1. The highest BCUT2D eigenvalue weighted by molar-refractivity contribution is 5.95. The van der Waals surface area contributed by atoms with E-state index < -0.39 is 0 Å².